The Morgan fingerprint density at radius 2 is 2.12 bits per heavy atom. The fourth-order valence-electron chi connectivity index (χ4n) is 2.89. The zero-order valence-corrected chi connectivity index (χ0v) is 14.9. The van der Waals surface area contributed by atoms with Crippen molar-refractivity contribution in [2.75, 3.05) is 17.2 Å². The first-order chi connectivity index (χ1) is 12.2. The van der Waals surface area contributed by atoms with E-state index in [1.807, 2.05) is 12.1 Å². The summed E-state index contributed by atoms with van der Waals surface area (Å²) in [5, 5.41) is 6.69. The average Bonchev–Trinajstić information content (AvgIpc) is 2.64. The summed E-state index contributed by atoms with van der Waals surface area (Å²) in [4.78, 5) is 16.5. The number of carbonyl (C=O) groups is 1. The molecule has 0 radical (unpaired) electrons. The number of benzene rings is 1. The highest BCUT2D eigenvalue weighted by Gasteiger charge is 2.07. The van der Waals surface area contributed by atoms with E-state index in [0.29, 0.717) is 16.3 Å². The van der Waals surface area contributed by atoms with Crippen LogP contribution in [0.1, 0.15) is 42.5 Å². The van der Waals surface area contributed by atoms with Gasteiger partial charge in [-0.25, -0.2) is 4.98 Å². The predicted molar refractivity (Wildman–Crippen MR) is 103 cm³/mol. The van der Waals surface area contributed by atoms with Crippen molar-refractivity contribution in [1.29, 1.82) is 0 Å². The monoisotopic (exact) mass is 355 g/mol. The highest BCUT2D eigenvalue weighted by Crippen LogP contribution is 2.20. The summed E-state index contributed by atoms with van der Waals surface area (Å²) < 4.78 is 0. The Hall–Kier alpha value is -2.33. The molecule has 0 saturated heterocycles. The molecule has 1 aliphatic carbocycles. The number of amides is 1. The van der Waals surface area contributed by atoms with Gasteiger partial charge in [0.05, 0.1) is 11.9 Å². The molecule has 0 spiro atoms. The van der Waals surface area contributed by atoms with E-state index in [0.717, 1.165) is 18.8 Å². The largest absolute Gasteiger partial charge is 0.370 e. The van der Waals surface area contributed by atoms with E-state index < -0.39 is 0 Å². The maximum Gasteiger partial charge on any atom is 0.255 e. The standard InChI is InChI=1S/C20H22ClN3O/c21-17-8-4-7-16(13-17)20(25)24-18-9-10-19(23-14-18)22-12-11-15-5-2-1-3-6-15/h4-5,7-10,13-14H,1-3,6,11-12H2,(H,22,23)(H,24,25). The van der Waals surface area contributed by atoms with Crippen molar-refractivity contribution in [3.8, 4) is 0 Å². The fraction of sp³-hybridized carbons (Fsp3) is 0.300. The van der Waals surface area contributed by atoms with Gasteiger partial charge in [0.15, 0.2) is 0 Å². The van der Waals surface area contributed by atoms with Crippen molar-refractivity contribution < 1.29 is 4.79 Å². The lowest BCUT2D eigenvalue weighted by Crippen LogP contribution is -2.12. The highest BCUT2D eigenvalue weighted by atomic mass is 35.5. The van der Waals surface area contributed by atoms with E-state index >= 15 is 0 Å². The minimum Gasteiger partial charge on any atom is -0.370 e. The lowest BCUT2D eigenvalue weighted by molar-refractivity contribution is 0.102. The second kappa shape index (κ2) is 8.67. The van der Waals surface area contributed by atoms with Crippen molar-refractivity contribution in [2.45, 2.75) is 32.1 Å². The zero-order valence-electron chi connectivity index (χ0n) is 14.1. The van der Waals surface area contributed by atoms with E-state index in [4.69, 9.17) is 11.6 Å². The van der Waals surface area contributed by atoms with Gasteiger partial charge in [-0.1, -0.05) is 29.3 Å². The van der Waals surface area contributed by atoms with Crippen LogP contribution >= 0.6 is 11.6 Å². The summed E-state index contributed by atoms with van der Waals surface area (Å²) in [7, 11) is 0. The summed E-state index contributed by atoms with van der Waals surface area (Å²) in [5.74, 6) is 0.617. The summed E-state index contributed by atoms with van der Waals surface area (Å²) in [5.41, 5.74) is 2.73. The first kappa shape index (κ1) is 17.5. The summed E-state index contributed by atoms with van der Waals surface area (Å²) in [6, 6.07) is 10.6. The third-order valence-electron chi connectivity index (χ3n) is 4.25. The Morgan fingerprint density at radius 3 is 2.84 bits per heavy atom. The van der Waals surface area contributed by atoms with Gasteiger partial charge in [0.25, 0.3) is 5.91 Å². The molecule has 1 aliphatic rings. The number of hydrogen-bond acceptors (Lipinski definition) is 3. The molecular formula is C20H22ClN3O. The summed E-state index contributed by atoms with van der Waals surface area (Å²) >= 11 is 5.91. The topological polar surface area (TPSA) is 54.0 Å². The van der Waals surface area contributed by atoms with E-state index in [-0.39, 0.29) is 5.91 Å². The minimum atomic E-state index is -0.200. The first-order valence-corrected chi connectivity index (χ1v) is 9.03. The van der Waals surface area contributed by atoms with E-state index in [1.165, 1.54) is 25.7 Å². The molecule has 0 bridgehead atoms. The van der Waals surface area contributed by atoms with Crippen molar-refractivity contribution in [2.24, 2.45) is 0 Å². The van der Waals surface area contributed by atoms with Gasteiger partial charge in [-0.15, -0.1) is 0 Å². The van der Waals surface area contributed by atoms with Crippen LogP contribution in [0, 0.1) is 0 Å². The number of hydrogen-bond donors (Lipinski definition) is 2. The SMILES string of the molecule is O=C(Nc1ccc(NCCC2=CCCCC2)nc1)c1cccc(Cl)c1. The summed E-state index contributed by atoms with van der Waals surface area (Å²) in [6.45, 7) is 0.882. The molecule has 1 heterocycles. The van der Waals surface area contributed by atoms with Crippen LogP contribution in [0.2, 0.25) is 5.02 Å². The second-order valence-electron chi connectivity index (χ2n) is 6.18. The number of allylic oxidation sites excluding steroid dienone is 1. The Balaban J connectivity index is 1.50. The third-order valence-corrected chi connectivity index (χ3v) is 4.48. The molecule has 1 aromatic heterocycles. The van der Waals surface area contributed by atoms with Crippen molar-refractivity contribution >= 4 is 29.0 Å². The second-order valence-corrected chi connectivity index (χ2v) is 6.62. The lowest BCUT2D eigenvalue weighted by atomic mass is 9.97. The van der Waals surface area contributed by atoms with Gasteiger partial charge < -0.3 is 10.6 Å². The highest BCUT2D eigenvalue weighted by molar-refractivity contribution is 6.31. The molecule has 1 aromatic carbocycles. The number of anilines is 2. The Bertz CT molecular complexity index is 756. The normalized spacial score (nSPS) is 13.9. The molecule has 5 heteroatoms. The van der Waals surface area contributed by atoms with Gasteiger partial charge in [-0.3, -0.25) is 4.79 Å². The van der Waals surface area contributed by atoms with Crippen molar-refractivity contribution in [1.82, 2.24) is 4.98 Å². The van der Waals surface area contributed by atoms with Crippen LogP contribution < -0.4 is 10.6 Å². The molecule has 25 heavy (non-hydrogen) atoms. The molecule has 2 aromatic rings. The van der Waals surface area contributed by atoms with Crippen molar-refractivity contribution in [3.05, 3.63) is 64.8 Å². The predicted octanol–water partition coefficient (Wildman–Crippen LogP) is 5.29. The van der Waals surface area contributed by atoms with Gasteiger partial charge in [-0.2, -0.15) is 0 Å². The number of pyridine rings is 1. The van der Waals surface area contributed by atoms with E-state index in [1.54, 1.807) is 36.0 Å². The molecule has 130 valence electrons. The van der Waals surface area contributed by atoms with Crippen LogP contribution in [0.25, 0.3) is 0 Å². The molecule has 4 nitrogen and oxygen atoms in total. The molecule has 0 unspecified atom stereocenters. The zero-order chi connectivity index (χ0) is 17.5. The maximum absolute atomic E-state index is 12.2. The smallest absolute Gasteiger partial charge is 0.255 e. The average molecular weight is 356 g/mol. The van der Waals surface area contributed by atoms with Gasteiger partial charge >= 0.3 is 0 Å². The number of aromatic nitrogens is 1. The molecule has 0 aliphatic heterocycles. The molecule has 0 atom stereocenters. The number of nitrogens with zero attached hydrogens (tertiary/aromatic N) is 1. The molecule has 0 saturated carbocycles. The number of nitrogens with one attached hydrogen (secondary N) is 2. The number of carbonyl (C=O) groups excluding carboxylic acids is 1. The van der Waals surface area contributed by atoms with Crippen molar-refractivity contribution in [3.63, 3.8) is 0 Å². The van der Waals surface area contributed by atoms with Gasteiger partial charge in [0.2, 0.25) is 0 Å². The van der Waals surface area contributed by atoms with Crippen LogP contribution in [-0.4, -0.2) is 17.4 Å². The summed E-state index contributed by atoms with van der Waals surface area (Å²) in [6.07, 6.45) is 10.2. The third kappa shape index (κ3) is 5.33. The molecular weight excluding hydrogens is 334 g/mol. The van der Waals surface area contributed by atoms with Gasteiger partial charge in [0, 0.05) is 17.1 Å². The lowest BCUT2D eigenvalue weighted by Gasteiger charge is -2.13. The molecule has 3 rings (SSSR count). The Labute approximate surface area is 153 Å². The fourth-order valence-corrected chi connectivity index (χ4v) is 3.08. The maximum atomic E-state index is 12.2. The van der Waals surface area contributed by atoms with Gasteiger partial charge in [0.1, 0.15) is 5.82 Å². The van der Waals surface area contributed by atoms with Crippen LogP contribution in [-0.2, 0) is 0 Å². The Kier molecular flexibility index (Phi) is 6.07. The van der Waals surface area contributed by atoms with E-state index in [2.05, 4.69) is 21.7 Å². The van der Waals surface area contributed by atoms with Crippen LogP contribution in [0.3, 0.4) is 0 Å². The quantitative estimate of drug-likeness (QED) is 0.692. The van der Waals surface area contributed by atoms with Gasteiger partial charge in [-0.05, 0) is 62.4 Å². The van der Waals surface area contributed by atoms with Crippen LogP contribution in [0.15, 0.2) is 54.2 Å². The number of rotatable bonds is 6. The minimum absolute atomic E-state index is 0.200. The van der Waals surface area contributed by atoms with E-state index in [9.17, 15) is 4.79 Å². The first-order valence-electron chi connectivity index (χ1n) is 8.65. The molecule has 0 fully saturated rings. The van der Waals surface area contributed by atoms with Crippen LogP contribution in [0.4, 0.5) is 11.5 Å². The molecule has 2 N–H and O–H groups in total. The molecule has 1 amide bonds. The number of halogens is 1. The van der Waals surface area contributed by atoms with Crippen LogP contribution in [0.5, 0.6) is 0 Å². The Morgan fingerprint density at radius 1 is 1.20 bits per heavy atom.